The Bertz CT molecular complexity index is 1020. The highest BCUT2D eigenvalue weighted by molar-refractivity contribution is 6.30. The maximum absolute atomic E-state index is 10.7. The average molecular weight is 412 g/mol. The van der Waals surface area contributed by atoms with Gasteiger partial charge in [0.15, 0.2) is 0 Å². The summed E-state index contributed by atoms with van der Waals surface area (Å²) in [5.74, 6) is 1.79. The molecule has 0 bridgehead atoms. The fourth-order valence-corrected chi connectivity index (χ4v) is 5.15. The van der Waals surface area contributed by atoms with Crippen LogP contribution >= 0.6 is 11.6 Å². The summed E-state index contributed by atoms with van der Waals surface area (Å²) in [7, 11) is 0. The first-order valence-corrected chi connectivity index (χ1v) is 10.7. The lowest BCUT2D eigenvalue weighted by Crippen LogP contribution is -2.42. The van der Waals surface area contributed by atoms with Gasteiger partial charge in [-0.3, -0.25) is 4.90 Å². The van der Waals surface area contributed by atoms with Gasteiger partial charge in [0.25, 0.3) is 0 Å². The van der Waals surface area contributed by atoms with Gasteiger partial charge in [0, 0.05) is 37.1 Å². The van der Waals surface area contributed by atoms with Crippen molar-refractivity contribution >= 4 is 17.2 Å². The summed E-state index contributed by atoms with van der Waals surface area (Å²) in [6, 6.07) is 11.6. The summed E-state index contributed by atoms with van der Waals surface area (Å²) in [6.07, 6.45) is 5.23. The van der Waals surface area contributed by atoms with E-state index in [4.69, 9.17) is 21.3 Å². The number of aliphatic hydroxyl groups excluding tert-OH is 1. The Morgan fingerprint density at radius 3 is 2.79 bits per heavy atom. The number of rotatable bonds is 4. The van der Waals surface area contributed by atoms with E-state index in [1.54, 1.807) is 0 Å². The van der Waals surface area contributed by atoms with Crippen molar-refractivity contribution in [1.82, 2.24) is 14.3 Å². The Morgan fingerprint density at radius 1 is 1.17 bits per heavy atom. The van der Waals surface area contributed by atoms with E-state index < -0.39 is 6.10 Å². The van der Waals surface area contributed by atoms with E-state index >= 15 is 0 Å². The molecular formula is C23H26ClN3O2. The molecule has 1 aliphatic heterocycles. The lowest BCUT2D eigenvalue weighted by Gasteiger charge is -2.35. The molecule has 2 aromatic heterocycles. The number of imidazole rings is 1. The molecule has 1 aliphatic carbocycles. The van der Waals surface area contributed by atoms with Crippen LogP contribution in [0.4, 0.5) is 0 Å². The maximum Gasteiger partial charge on any atom is 0.139 e. The molecule has 0 spiro atoms. The molecule has 0 radical (unpaired) electrons. The second-order valence-electron chi connectivity index (χ2n) is 8.52. The van der Waals surface area contributed by atoms with Crippen LogP contribution in [0.5, 0.6) is 5.75 Å². The van der Waals surface area contributed by atoms with Crippen LogP contribution in [0.25, 0.3) is 5.65 Å². The highest BCUT2D eigenvalue weighted by Crippen LogP contribution is 2.38. The van der Waals surface area contributed by atoms with Gasteiger partial charge in [-0.05, 0) is 61.4 Å². The zero-order valence-electron chi connectivity index (χ0n) is 16.5. The van der Waals surface area contributed by atoms with Crippen molar-refractivity contribution in [3.63, 3.8) is 0 Å². The van der Waals surface area contributed by atoms with E-state index in [2.05, 4.69) is 40.8 Å². The highest BCUT2D eigenvalue weighted by atomic mass is 35.5. The number of benzene rings is 1. The molecule has 1 aromatic carbocycles. The van der Waals surface area contributed by atoms with Gasteiger partial charge in [-0.1, -0.05) is 23.7 Å². The highest BCUT2D eigenvalue weighted by Gasteiger charge is 2.42. The molecule has 3 aromatic rings. The second-order valence-corrected chi connectivity index (χ2v) is 8.96. The van der Waals surface area contributed by atoms with Crippen molar-refractivity contribution in [1.29, 1.82) is 0 Å². The first kappa shape index (κ1) is 18.9. The number of hydrogen-bond acceptors (Lipinski definition) is 4. The number of ether oxygens (including phenoxy) is 1. The predicted octanol–water partition coefficient (Wildman–Crippen LogP) is 3.95. The molecule has 1 saturated carbocycles. The summed E-state index contributed by atoms with van der Waals surface area (Å²) in [4.78, 5) is 7.29. The van der Waals surface area contributed by atoms with E-state index in [9.17, 15) is 5.11 Å². The van der Waals surface area contributed by atoms with Gasteiger partial charge in [-0.15, -0.1) is 0 Å². The molecule has 0 amide bonds. The van der Waals surface area contributed by atoms with Crippen molar-refractivity contribution in [2.75, 3.05) is 13.1 Å². The van der Waals surface area contributed by atoms with Crippen molar-refractivity contribution in [2.45, 2.75) is 38.5 Å². The van der Waals surface area contributed by atoms with Crippen molar-refractivity contribution in [3.05, 3.63) is 65.1 Å². The van der Waals surface area contributed by atoms with Gasteiger partial charge in [0.05, 0.1) is 11.8 Å². The first-order valence-electron chi connectivity index (χ1n) is 10.3. The Kier molecular flexibility index (Phi) is 4.98. The minimum Gasteiger partial charge on any atom is -0.488 e. The molecule has 4 atom stereocenters. The fourth-order valence-electron chi connectivity index (χ4n) is 4.97. The molecule has 152 valence electrons. The third-order valence-electron chi connectivity index (χ3n) is 6.36. The maximum atomic E-state index is 10.7. The van der Waals surface area contributed by atoms with E-state index in [1.165, 1.54) is 5.56 Å². The minimum atomic E-state index is -0.437. The summed E-state index contributed by atoms with van der Waals surface area (Å²) < 4.78 is 8.20. The van der Waals surface area contributed by atoms with Gasteiger partial charge in [0.1, 0.15) is 17.5 Å². The molecule has 1 N–H and O–H groups in total. The molecule has 3 heterocycles. The van der Waals surface area contributed by atoms with Crippen LogP contribution in [-0.4, -0.2) is 44.7 Å². The summed E-state index contributed by atoms with van der Waals surface area (Å²) in [6.45, 7) is 4.99. The van der Waals surface area contributed by atoms with E-state index in [1.807, 2.05) is 24.3 Å². The molecule has 5 rings (SSSR count). The molecule has 29 heavy (non-hydrogen) atoms. The Hall–Kier alpha value is -2.08. The zero-order valence-corrected chi connectivity index (χ0v) is 17.3. The van der Waals surface area contributed by atoms with Crippen LogP contribution < -0.4 is 4.74 Å². The van der Waals surface area contributed by atoms with Crippen LogP contribution in [0, 0.1) is 18.8 Å². The number of hydrogen-bond donors (Lipinski definition) is 1. The van der Waals surface area contributed by atoms with Gasteiger partial charge < -0.3 is 14.2 Å². The number of halogens is 1. The largest absolute Gasteiger partial charge is 0.488 e. The Labute approximate surface area is 175 Å². The normalized spacial score (nSPS) is 27.3. The molecule has 1 saturated heterocycles. The summed E-state index contributed by atoms with van der Waals surface area (Å²) >= 11 is 6.07. The number of pyridine rings is 1. The van der Waals surface area contributed by atoms with Gasteiger partial charge in [-0.2, -0.15) is 0 Å². The van der Waals surface area contributed by atoms with Crippen LogP contribution in [0.2, 0.25) is 5.02 Å². The molecular weight excluding hydrogens is 386 g/mol. The summed E-state index contributed by atoms with van der Waals surface area (Å²) in [5, 5.41) is 11.3. The molecule has 5 nitrogen and oxygen atoms in total. The topological polar surface area (TPSA) is 50.0 Å². The standard InChI is InChI=1S/C23H26ClN3O2/c1-15-4-3-7-27-14-19(25-23(15)27)13-26-11-16-8-21(28)22(9-17(16)12-26)29-20-6-2-5-18(24)10-20/h2-7,10,14,16-17,21-22,28H,8-9,11-13H2,1H3/t16-,17+,21+,22+/m0/s1. The van der Waals surface area contributed by atoms with Crippen molar-refractivity contribution in [3.8, 4) is 5.75 Å². The van der Waals surface area contributed by atoms with Crippen LogP contribution in [0.3, 0.4) is 0 Å². The zero-order chi connectivity index (χ0) is 20.0. The second kappa shape index (κ2) is 7.63. The van der Waals surface area contributed by atoms with Gasteiger partial charge >= 0.3 is 0 Å². The van der Waals surface area contributed by atoms with E-state index in [0.717, 1.165) is 49.6 Å². The number of nitrogens with zero attached hydrogens (tertiary/aromatic N) is 3. The lowest BCUT2D eigenvalue weighted by atomic mass is 9.78. The van der Waals surface area contributed by atoms with Crippen molar-refractivity contribution < 1.29 is 9.84 Å². The third kappa shape index (κ3) is 3.87. The molecule has 0 unspecified atom stereocenters. The number of aryl methyl sites for hydroxylation is 1. The van der Waals surface area contributed by atoms with E-state index in [-0.39, 0.29) is 6.10 Å². The number of aliphatic hydroxyl groups is 1. The van der Waals surface area contributed by atoms with Crippen molar-refractivity contribution in [2.24, 2.45) is 11.8 Å². The molecule has 2 fully saturated rings. The van der Waals surface area contributed by atoms with Crippen LogP contribution in [0.1, 0.15) is 24.1 Å². The monoisotopic (exact) mass is 411 g/mol. The average Bonchev–Trinajstić information content (AvgIpc) is 3.26. The van der Waals surface area contributed by atoms with Gasteiger partial charge in [0.2, 0.25) is 0 Å². The van der Waals surface area contributed by atoms with Crippen LogP contribution in [0.15, 0.2) is 48.8 Å². The number of likely N-dealkylation sites (tertiary alicyclic amines) is 1. The Balaban J connectivity index is 1.25. The van der Waals surface area contributed by atoms with Gasteiger partial charge in [-0.25, -0.2) is 4.98 Å². The molecule has 2 aliphatic rings. The van der Waals surface area contributed by atoms with Crippen LogP contribution in [-0.2, 0) is 6.54 Å². The minimum absolute atomic E-state index is 0.174. The number of fused-ring (bicyclic) bond motifs is 2. The van der Waals surface area contributed by atoms with E-state index in [0.29, 0.717) is 16.9 Å². The predicted molar refractivity (Wildman–Crippen MR) is 113 cm³/mol. The Morgan fingerprint density at radius 2 is 2.00 bits per heavy atom. The lowest BCUT2D eigenvalue weighted by molar-refractivity contribution is -0.0231. The first-order chi connectivity index (χ1) is 14.0. The molecule has 6 heteroatoms. The quantitative estimate of drug-likeness (QED) is 0.706. The smallest absolute Gasteiger partial charge is 0.139 e. The summed E-state index contributed by atoms with van der Waals surface area (Å²) in [5.41, 5.74) is 3.33. The number of aromatic nitrogens is 2. The fraction of sp³-hybridized carbons (Fsp3) is 0.435. The SMILES string of the molecule is Cc1cccn2cc(CN3C[C@H]4C[C@@H](Oc5cccc(Cl)c5)[C@H](O)C[C@H]4C3)nc12. The third-order valence-corrected chi connectivity index (χ3v) is 6.59.